The van der Waals surface area contributed by atoms with Crippen LogP contribution in [-0.2, 0) is 22.5 Å². The molecule has 1 atom stereocenters. The standard InChI is InChI=1S/C17H25N3O2/c1-18-17(21)16-12-20(8-9-22-16)11-13-5-6-15-14(10-13)4-3-7-19(15)2/h5-6,10,16H,3-4,7-9,11-12H2,1-2H3,(H,18,21). The third-order valence-corrected chi connectivity index (χ3v) is 4.59. The molecule has 1 saturated heterocycles. The monoisotopic (exact) mass is 303 g/mol. The van der Waals surface area contributed by atoms with Crippen molar-refractivity contribution in [2.75, 3.05) is 45.2 Å². The summed E-state index contributed by atoms with van der Waals surface area (Å²) in [5.74, 6) is -0.0308. The smallest absolute Gasteiger partial charge is 0.250 e. The summed E-state index contributed by atoms with van der Waals surface area (Å²) >= 11 is 0. The quantitative estimate of drug-likeness (QED) is 0.905. The van der Waals surface area contributed by atoms with Crippen LogP contribution in [0.3, 0.4) is 0 Å². The first-order valence-corrected chi connectivity index (χ1v) is 8.06. The van der Waals surface area contributed by atoms with Crippen molar-refractivity contribution in [2.24, 2.45) is 0 Å². The molecule has 5 nitrogen and oxygen atoms in total. The van der Waals surface area contributed by atoms with E-state index in [-0.39, 0.29) is 12.0 Å². The van der Waals surface area contributed by atoms with Gasteiger partial charge in [0.05, 0.1) is 6.61 Å². The molecule has 2 aliphatic rings. The molecule has 1 unspecified atom stereocenters. The van der Waals surface area contributed by atoms with Gasteiger partial charge in [0.2, 0.25) is 5.91 Å². The van der Waals surface area contributed by atoms with Gasteiger partial charge in [0.15, 0.2) is 0 Å². The molecule has 3 rings (SSSR count). The summed E-state index contributed by atoms with van der Waals surface area (Å²) in [5.41, 5.74) is 4.13. The molecule has 0 bridgehead atoms. The van der Waals surface area contributed by atoms with Gasteiger partial charge in [0.1, 0.15) is 6.10 Å². The molecule has 120 valence electrons. The van der Waals surface area contributed by atoms with E-state index >= 15 is 0 Å². The van der Waals surface area contributed by atoms with Crippen LogP contribution in [0.2, 0.25) is 0 Å². The molecule has 1 fully saturated rings. The maximum atomic E-state index is 11.7. The van der Waals surface area contributed by atoms with Crippen molar-refractivity contribution in [2.45, 2.75) is 25.5 Å². The molecule has 1 amide bonds. The number of rotatable bonds is 3. The zero-order valence-electron chi connectivity index (χ0n) is 13.5. The van der Waals surface area contributed by atoms with Crippen LogP contribution in [0.15, 0.2) is 18.2 Å². The normalized spacial score (nSPS) is 22.3. The summed E-state index contributed by atoms with van der Waals surface area (Å²) in [4.78, 5) is 16.4. The number of likely N-dealkylation sites (N-methyl/N-ethyl adjacent to an activating group) is 1. The minimum atomic E-state index is -0.345. The van der Waals surface area contributed by atoms with E-state index in [9.17, 15) is 4.79 Å². The zero-order valence-corrected chi connectivity index (χ0v) is 13.5. The van der Waals surface area contributed by atoms with Crippen molar-refractivity contribution in [1.82, 2.24) is 10.2 Å². The molecular formula is C17H25N3O2. The van der Waals surface area contributed by atoms with Gasteiger partial charge in [-0.25, -0.2) is 0 Å². The molecule has 1 N–H and O–H groups in total. The summed E-state index contributed by atoms with van der Waals surface area (Å²) < 4.78 is 5.54. The van der Waals surface area contributed by atoms with Crippen LogP contribution in [0.5, 0.6) is 0 Å². The van der Waals surface area contributed by atoms with Crippen molar-refractivity contribution in [1.29, 1.82) is 0 Å². The van der Waals surface area contributed by atoms with E-state index in [0.29, 0.717) is 13.2 Å². The molecule has 0 saturated carbocycles. The first-order chi connectivity index (χ1) is 10.7. The Hall–Kier alpha value is -1.59. The van der Waals surface area contributed by atoms with Crippen LogP contribution < -0.4 is 10.2 Å². The molecule has 1 aromatic carbocycles. The number of hydrogen-bond acceptors (Lipinski definition) is 4. The van der Waals surface area contributed by atoms with Crippen LogP contribution in [0, 0.1) is 0 Å². The molecule has 0 aromatic heterocycles. The molecule has 0 spiro atoms. The van der Waals surface area contributed by atoms with Gasteiger partial charge in [-0.3, -0.25) is 9.69 Å². The lowest BCUT2D eigenvalue weighted by molar-refractivity contribution is -0.138. The first kappa shape index (κ1) is 15.3. The molecule has 0 aliphatic carbocycles. The molecule has 0 radical (unpaired) electrons. The fraction of sp³-hybridized carbons (Fsp3) is 0.588. The number of ether oxygens (including phenoxy) is 1. The molecule has 5 heteroatoms. The van der Waals surface area contributed by atoms with Gasteiger partial charge in [-0.15, -0.1) is 0 Å². The van der Waals surface area contributed by atoms with Crippen molar-refractivity contribution in [3.05, 3.63) is 29.3 Å². The van der Waals surface area contributed by atoms with Crippen LogP contribution in [0.25, 0.3) is 0 Å². The summed E-state index contributed by atoms with van der Waals surface area (Å²) in [6.07, 6.45) is 2.04. The highest BCUT2D eigenvalue weighted by Gasteiger charge is 2.26. The Morgan fingerprint density at radius 3 is 3.09 bits per heavy atom. The number of carbonyl (C=O) groups is 1. The molecule has 22 heavy (non-hydrogen) atoms. The van der Waals surface area contributed by atoms with Crippen molar-refractivity contribution in [3.8, 4) is 0 Å². The van der Waals surface area contributed by atoms with E-state index in [1.807, 2.05) is 0 Å². The average Bonchev–Trinajstić information content (AvgIpc) is 2.54. The highest BCUT2D eigenvalue weighted by molar-refractivity contribution is 5.80. The SMILES string of the molecule is CNC(=O)C1CN(Cc2ccc3c(c2)CCCN3C)CCO1. The number of aryl methyl sites for hydroxylation is 1. The third-order valence-electron chi connectivity index (χ3n) is 4.59. The molecule has 2 aliphatic heterocycles. The minimum absolute atomic E-state index is 0.0308. The number of amides is 1. The Balaban J connectivity index is 1.67. The van der Waals surface area contributed by atoms with E-state index in [0.717, 1.165) is 26.1 Å². The van der Waals surface area contributed by atoms with E-state index in [1.54, 1.807) is 7.05 Å². The summed E-state index contributed by atoms with van der Waals surface area (Å²) in [6, 6.07) is 6.78. The average molecular weight is 303 g/mol. The Labute approximate surface area is 132 Å². The molecular weight excluding hydrogens is 278 g/mol. The van der Waals surface area contributed by atoms with E-state index < -0.39 is 0 Å². The van der Waals surface area contributed by atoms with Crippen LogP contribution in [0.1, 0.15) is 17.5 Å². The first-order valence-electron chi connectivity index (χ1n) is 8.06. The highest BCUT2D eigenvalue weighted by Crippen LogP contribution is 2.27. The minimum Gasteiger partial charge on any atom is -0.374 e. The topological polar surface area (TPSA) is 44.8 Å². The summed E-state index contributed by atoms with van der Waals surface area (Å²) in [7, 11) is 3.82. The van der Waals surface area contributed by atoms with Gasteiger partial charge in [0.25, 0.3) is 0 Å². The van der Waals surface area contributed by atoms with Crippen LogP contribution in [0.4, 0.5) is 5.69 Å². The van der Waals surface area contributed by atoms with Gasteiger partial charge in [0, 0.05) is 46.0 Å². The molecule has 1 aromatic rings. The largest absolute Gasteiger partial charge is 0.374 e. The molecule has 2 heterocycles. The Bertz CT molecular complexity index is 547. The van der Waals surface area contributed by atoms with E-state index in [4.69, 9.17) is 4.74 Å². The number of hydrogen-bond donors (Lipinski definition) is 1. The van der Waals surface area contributed by atoms with Crippen molar-refractivity contribution < 1.29 is 9.53 Å². The van der Waals surface area contributed by atoms with Gasteiger partial charge in [-0.05, 0) is 30.0 Å². The van der Waals surface area contributed by atoms with Gasteiger partial charge < -0.3 is 15.0 Å². The zero-order chi connectivity index (χ0) is 15.5. The van der Waals surface area contributed by atoms with Crippen LogP contribution in [-0.4, -0.2) is 57.2 Å². The second kappa shape index (κ2) is 6.67. The van der Waals surface area contributed by atoms with Crippen LogP contribution >= 0.6 is 0 Å². The maximum absolute atomic E-state index is 11.7. The second-order valence-corrected chi connectivity index (χ2v) is 6.20. The lowest BCUT2D eigenvalue weighted by atomic mass is 9.99. The number of morpholine rings is 1. The summed E-state index contributed by atoms with van der Waals surface area (Å²) in [6.45, 7) is 4.18. The number of nitrogens with zero attached hydrogens (tertiary/aromatic N) is 2. The van der Waals surface area contributed by atoms with Crippen molar-refractivity contribution in [3.63, 3.8) is 0 Å². The van der Waals surface area contributed by atoms with E-state index in [1.165, 1.54) is 23.2 Å². The summed E-state index contributed by atoms with van der Waals surface area (Å²) in [5, 5.41) is 2.67. The number of nitrogens with one attached hydrogen (secondary N) is 1. The fourth-order valence-electron chi connectivity index (χ4n) is 3.36. The van der Waals surface area contributed by atoms with Crippen molar-refractivity contribution >= 4 is 11.6 Å². The number of anilines is 1. The second-order valence-electron chi connectivity index (χ2n) is 6.20. The van der Waals surface area contributed by atoms with Gasteiger partial charge in [-0.1, -0.05) is 12.1 Å². The predicted molar refractivity (Wildman–Crippen MR) is 87.1 cm³/mol. The Morgan fingerprint density at radius 2 is 2.27 bits per heavy atom. The lowest BCUT2D eigenvalue weighted by Gasteiger charge is -2.32. The maximum Gasteiger partial charge on any atom is 0.250 e. The predicted octanol–water partition coefficient (Wildman–Crippen LogP) is 1.02. The Kier molecular flexibility index (Phi) is 4.64. The third kappa shape index (κ3) is 3.25. The van der Waals surface area contributed by atoms with E-state index in [2.05, 4.69) is 40.4 Å². The highest BCUT2D eigenvalue weighted by atomic mass is 16.5. The Morgan fingerprint density at radius 1 is 1.41 bits per heavy atom. The number of carbonyl (C=O) groups excluding carboxylic acids is 1. The number of fused-ring (bicyclic) bond motifs is 1. The van der Waals surface area contributed by atoms with Gasteiger partial charge in [-0.2, -0.15) is 0 Å². The fourth-order valence-corrected chi connectivity index (χ4v) is 3.36. The lowest BCUT2D eigenvalue weighted by Crippen LogP contribution is -2.48. The number of benzene rings is 1. The van der Waals surface area contributed by atoms with Gasteiger partial charge >= 0.3 is 0 Å².